The first-order chi connectivity index (χ1) is 13.0. The Hall–Kier alpha value is -3.12. The first-order valence-corrected chi connectivity index (χ1v) is 8.71. The molecule has 0 radical (unpaired) electrons. The third kappa shape index (κ3) is 4.01. The van der Waals surface area contributed by atoms with Crippen LogP contribution in [0.5, 0.6) is 5.75 Å². The van der Waals surface area contributed by atoms with Crippen molar-refractivity contribution in [3.8, 4) is 5.75 Å². The average Bonchev–Trinajstić information content (AvgIpc) is 2.67. The van der Waals surface area contributed by atoms with E-state index in [1.54, 1.807) is 13.2 Å². The van der Waals surface area contributed by atoms with Gasteiger partial charge >= 0.3 is 0 Å². The van der Waals surface area contributed by atoms with Crippen LogP contribution in [0, 0.1) is 0 Å². The van der Waals surface area contributed by atoms with Crippen LogP contribution < -0.4 is 15.6 Å². The third-order valence-corrected chi connectivity index (χ3v) is 4.57. The lowest BCUT2D eigenvalue weighted by atomic mass is 10.0. The van der Waals surface area contributed by atoms with E-state index in [2.05, 4.69) is 10.3 Å². The predicted molar refractivity (Wildman–Crippen MR) is 106 cm³/mol. The van der Waals surface area contributed by atoms with Crippen LogP contribution in [-0.4, -0.2) is 43.5 Å². The van der Waals surface area contributed by atoms with E-state index in [9.17, 15) is 9.59 Å². The Balaban J connectivity index is 1.87. The SMILES string of the molecule is COc1ccccc1C(CNC(=O)c1cc(=O)[nH]c2ccccc12)N(C)C. The minimum atomic E-state index is -0.298. The lowest BCUT2D eigenvalue weighted by Crippen LogP contribution is -2.35. The number of nitrogens with one attached hydrogen (secondary N) is 2. The second-order valence-electron chi connectivity index (χ2n) is 6.52. The summed E-state index contributed by atoms with van der Waals surface area (Å²) >= 11 is 0. The molecule has 27 heavy (non-hydrogen) atoms. The maximum atomic E-state index is 12.8. The number of H-pyrrole nitrogens is 1. The van der Waals surface area contributed by atoms with Gasteiger partial charge in [-0.3, -0.25) is 9.59 Å². The van der Waals surface area contributed by atoms with Gasteiger partial charge < -0.3 is 19.9 Å². The first-order valence-electron chi connectivity index (χ1n) is 8.71. The molecule has 1 amide bonds. The van der Waals surface area contributed by atoms with Crippen molar-refractivity contribution in [1.29, 1.82) is 0 Å². The van der Waals surface area contributed by atoms with Gasteiger partial charge in [0.2, 0.25) is 5.56 Å². The molecule has 1 aromatic heterocycles. The Bertz CT molecular complexity index is 1010. The van der Waals surface area contributed by atoms with Gasteiger partial charge in [0.1, 0.15) is 5.75 Å². The second kappa shape index (κ2) is 8.05. The number of carbonyl (C=O) groups excluding carboxylic acids is 1. The van der Waals surface area contributed by atoms with E-state index < -0.39 is 0 Å². The fourth-order valence-corrected chi connectivity index (χ4v) is 3.19. The maximum Gasteiger partial charge on any atom is 0.252 e. The van der Waals surface area contributed by atoms with Gasteiger partial charge in [0, 0.05) is 29.1 Å². The molecule has 6 nitrogen and oxygen atoms in total. The van der Waals surface area contributed by atoms with Gasteiger partial charge in [-0.1, -0.05) is 36.4 Å². The Kier molecular flexibility index (Phi) is 5.57. The number of fused-ring (bicyclic) bond motifs is 1. The number of aromatic amines is 1. The molecule has 2 aromatic carbocycles. The zero-order valence-electron chi connectivity index (χ0n) is 15.7. The van der Waals surface area contributed by atoms with Crippen LogP contribution in [0.2, 0.25) is 0 Å². The van der Waals surface area contributed by atoms with Crippen molar-refractivity contribution in [2.24, 2.45) is 0 Å². The quantitative estimate of drug-likeness (QED) is 0.704. The Morgan fingerprint density at radius 3 is 2.59 bits per heavy atom. The summed E-state index contributed by atoms with van der Waals surface area (Å²) in [5, 5.41) is 3.68. The van der Waals surface area contributed by atoms with Crippen LogP contribution >= 0.6 is 0 Å². The summed E-state index contributed by atoms with van der Waals surface area (Å²) in [5.74, 6) is 0.492. The number of benzene rings is 2. The van der Waals surface area contributed by atoms with Crippen molar-refractivity contribution in [2.45, 2.75) is 6.04 Å². The summed E-state index contributed by atoms with van der Waals surface area (Å²) in [7, 11) is 5.53. The van der Waals surface area contributed by atoms with Crippen LogP contribution in [0.1, 0.15) is 22.0 Å². The minimum absolute atomic E-state index is 0.0710. The largest absolute Gasteiger partial charge is 0.496 e. The zero-order valence-corrected chi connectivity index (χ0v) is 15.7. The number of methoxy groups -OCH3 is 1. The Morgan fingerprint density at radius 1 is 1.15 bits per heavy atom. The van der Waals surface area contributed by atoms with Gasteiger partial charge in [-0.2, -0.15) is 0 Å². The van der Waals surface area contributed by atoms with Crippen LogP contribution in [0.15, 0.2) is 59.4 Å². The molecular weight excluding hydrogens is 342 g/mol. The molecule has 0 saturated heterocycles. The summed E-state index contributed by atoms with van der Waals surface area (Å²) in [5.41, 5.74) is 1.70. The molecule has 1 atom stereocenters. The zero-order chi connectivity index (χ0) is 19.4. The smallest absolute Gasteiger partial charge is 0.252 e. The molecule has 0 bridgehead atoms. The summed E-state index contributed by atoms with van der Waals surface area (Å²) < 4.78 is 5.46. The van der Waals surface area contributed by atoms with Crippen molar-refractivity contribution >= 4 is 16.8 Å². The van der Waals surface area contributed by atoms with E-state index in [0.717, 1.165) is 11.3 Å². The van der Waals surface area contributed by atoms with Gasteiger partial charge in [-0.25, -0.2) is 0 Å². The number of amides is 1. The fraction of sp³-hybridized carbons (Fsp3) is 0.238. The summed E-state index contributed by atoms with van der Waals surface area (Å²) in [6, 6.07) is 16.3. The van der Waals surface area contributed by atoms with Crippen LogP contribution in [0.3, 0.4) is 0 Å². The van der Waals surface area contributed by atoms with E-state index >= 15 is 0 Å². The van der Waals surface area contributed by atoms with Gasteiger partial charge in [-0.05, 0) is 26.2 Å². The highest BCUT2D eigenvalue weighted by atomic mass is 16.5. The Morgan fingerprint density at radius 2 is 1.85 bits per heavy atom. The highest BCUT2D eigenvalue weighted by Gasteiger charge is 2.20. The number of hydrogen-bond donors (Lipinski definition) is 2. The van der Waals surface area contributed by atoms with Crippen LogP contribution in [-0.2, 0) is 0 Å². The summed E-state index contributed by atoms with van der Waals surface area (Å²) in [6.45, 7) is 0.382. The van der Waals surface area contributed by atoms with Crippen molar-refractivity contribution in [1.82, 2.24) is 15.2 Å². The topological polar surface area (TPSA) is 74.4 Å². The molecule has 2 N–H and O–H groups in total. The average molecular weight is 365 g/mol. The molecule has 0 aliphatic carbocycles. The van der Waals surface area contributed by atoms with Crippen molar-refractivity contribution in [3.63, 3.8) is 0 Å². The summed E-state index contributed by atoms with van der Waals surface area (Å²) in [4.78, 5) is 29.5. The minimum Gasteiger partial charge on any atom is -0.496 e. The van der Waals surface area contributed by atoms with E-state index in [0.29, 0.717) is 23.0 Å². The monoisotopic (exact) mass is 365 g/mol. The number of para-hydroxylation sites is 2. The van der Waals surface area contributed by atoms with Gasteiger partial charge in [-0.15, -0.1) is 0 Å². The Labute approximate surface area is 157 Å². The van der Waals surface area contributed by atoms with Gasteiger partial charge in [0.05, 0.1) is 18.7 Å². The van der Waals surface area contributed by atoms with Crippen LogP contribution in [0.25, 0.3) is 10.9 Å². The number of pyridine rings is 1. The summed E-state index contributed by atoms with van der Waals surface area (Å²) in [6.07, 6.45) is 0. The van der Waals surface area contributed by atoms with E-state index in [1.165, 1.54) is 6.07 Å². The van der Waals surface area contributed by atoms with Crippen molar-refractivity contribution in [2.75, 3.05) is 27.7 Å². The van der Waals surface area contributed by atoms with E-state index in [1.807, 2.05) is 61.5 Å². The lowest BCUT2D eigenvalue weighted by Gasteiger charge is -2.26. The molecule has 3 rings (SSSR count). The molecule has 6 heteroatoms. The molecule has 0 aliphatic heterocycles. The molecule has 0 fully saturated rings. The number of aromatic nitrogens is 1. The van der Waals surface area contributed by atoms with Crippen molar-refractivity contribution < 1.29 is 9.53 Å². The predicted octanol–water partition coefficient (Wildman–Crippen LogP) is 2.57. The van der Waals surface area contributed by atoms with Crippen LogP contribution in [0.4, 0.5) is 0 Å². The van der Waals surface area contributed by atoms with Gasteiger partial charge in [0.15, 0.2) is 0 Å². The maximum absolute atomic E-state index is 12.8. The number of ether oxygens (including phenoxy) is 1. The first kappa shape index (κ1) is 18.7. The standard InChI is InChI=1S/C21H23N3O3/c1-24(2)18(15-9-5-7-11-19(15)27-3)13-22-21(26)16-12-20(25)23-17-10-6-4-8-14(16)17/h4-12,18H,13H2,1-3H3,(H,22,26)(H,23,25). The lowest BCUT2D eigenvalue weighted by molar-refractivity contribution is 0.0943. The molecule has 0 aliphatic rings. The van der Waals surface area contributed by atoms with Crippen molar-refractivity contribution in [3.05, 3.63) is 76.1 Å². The fourth-order valence-electron chi connectivity index (χ4n) is 3.19. The third-order valence-electron chi connectivity index (χ3n) is 4.57. The molecular formula is C21H23N3O3. The number of carbonyl (C=O) groups is 1. The number of likely N-dealkylation sites (N-methyl/N-ethyl adjacent to an activating group) is 1. The van der Waals surface area contributed by atoms with E-state index in [-0.39, 0.29) is 17.5 Å². The number of hydrogen-bond acceptors (Lipinski definition) is 4. The molecule has 1 heterocycles. The van der Waals surface area contributed by atoms with Gasteiger partial charge in [0.25, 0.3) is 5.91 Å². The normalized spacial score (nSPS) is 12.1. The number of nitrogens with zero attached hydrogens (tertiary/aromatic N) is 1. The molecule has 3 aromatic rings. The molecule has 1 unspecified atom stereocenters. The molecule has 0 saturated carbocycles. The molecule has 140 valence electrons. The van der Waals surface area contributed by atoms with E-state index in [4.69, 9.17) is 4.74 Å². The highest BCUT2D eigenvalue weighted by Crippen LogP contribution is 2.27. The second-order valence-corrected chi connectivity index (χ2v) is 6.52. The number of rotatable bonds is 6. The highest BCUT2D eigenvalue weighted by molar-refractivity contribution is 6.05. The molecule has 0 spiro atoms.